The molecule has 1 aliphatic rings. The van der Waals surface area contributed by atoms with Gasteiger partial charge in [-0.15, -0.1) is 0 Å². The molecule has 4 atom stereocenters. The van der Waals surface area contributed by atoms with E-state index in [1.54, 1.807) is 6.07 Å². The summed E-state index contributed by atoms with van der Waals surface area (Å²) >= 11 is 9.28. The van der Waals surface area contributed by atoms with Gasteiger partial charge < -0.3 is 10.2 Å². The van der Waals surface area contributed by atoms with Crippen LogP contribution in [0.2, 0.25) is 5.02 Å². The lowest BCUT2D eigenvalue weighted by atomic mass is 9.65. The third kappa shape index (κ3) is 6.74. The zero-order valence-corrected chi connectivity index (χ0v) is 22.0. The minimum Gasteiger partial charge on any atom is -0.480 e. The highest BCUT2D eigenvalue weighted by Crippen LogP contribution is 2.51. The van der Waals surface area contributed by atoms with Gasteiger partial charge in [-0.05, 0) is 39.4 Å². The molecule has 2 heterocycles. The molecule has 0 amide bonds. The van der Waals surface area contributed by atoms with Crippen molar-refractivity contribution in [2.75, 3.05) is 0 Å². The van der Waals surface area contributed by atoms with E-state index in [1.165, 1.54) is 24.5 Å². The largest absolute Gasteiger partial charge is 0.490 e. The molecule has 8 nitrogen and oxygen atoms in total. The number of benzene rings is 1. The summed E-state index contributed by atoms with van der Waals surface area (Å²) in [5.41, 5.74) is -1.73. The summed E-state index contributed by atoms with van der Waals surface area (Å²) in [6.45, 7) is 5.97. The second kappa shape index (κ2) is 11.3. The predicted molar refractivity (Wildman–Crippen MR) is 127 cm³/mol. The van der Waals surface area contributed by atoms with Gasteiger partial charge in [0.1, 0.15) is 17.3 Å². The molecule has 4 unspecified atom stereocenters. The lowest BCUT2D eigenvalue weighted by molar-refractivity contribution is -0.192. The van der Waals surface area contributed by atoms with Gasteiger partial charge in [0.25, 0.3) is 0 Å². The van der Waals surface area contributed by atoms with E-state index >= 15 is 4.39 Å². The molecular formula is C23H22BrClF4N4O4. The van der Waals surface area contributed by atoms with Gasteiger partial charge in [0.15, 0.2) is 5.82 Å². The first kappa shape index (κ1) is 30.4. The number of halogens is 6. The minimum absolute atomic E-state index is 0.0480. The fraction of sp³-hybridized carbons (Fsp3) is 0.435. The summed E-state index contributed by atoms with van der Waals surface area (Å²) in [6, 6.07) is 4.83. The molecule has 0 bridgehead atoms. The smallest absolute Gasteiger partial charge is 0.480 e. The van der Waals surface area contributed by atoms with Crippen LogP contribution in [0.4, 0.5) is 17.6 Å². The van der Waals surface area contributed by atoms with E-state index in [9.17, 15) is 28.3 Å². The number of nitriles is 1. The molecule has 14 heteroatoms. The van der Waals surface area contributed by atoms with Crippen molar-refractivity contribution in [1.29, 1.82) is 5.26 Å². The van der Waals surface area contributed by atoms with Crippen LogP contribution in [0.1, 0.15) is 44.5 Å². The normalized spacial score (nSPS) is 23.5. The number of aliphatic carboxylic acids is 2. The molecule has 0 spiro atoms. The Morgan fingerprint density at radius 1 is 1.22 bits per heavy atom. The third-order valence-corrected chi connectivity index (χ3v) is 6.27. The maximum atomic E-state index is 15.1. The van der Waals surface area contributed by atoms with Gasteiger partial charge in [-0.3, -0.25) is 10.1 Å². The van der Waals surface area contributed by atoms with E-state index in [4.69, 9.17) is 21.5 Å². The van der Waals surface area contributed by atoms with Crippen molar-refractivity contribution in [2.45, 2.75) is 56.8 Å². The van der Waals surface area contributed by atoms with E-state index in [0.717, 1.165) is 0 Å². The molecule has 0 saturated carbocycles. The van der Waals surface area contributed by atoms with Gasteiger partial charge >= 0.3 is 18.1 Å². The molecule has 1 aromatic heterocycles. The topological polar surface area (TPSA) is 136 Å². The van der Waals surface area contributed by atoms with Crippen molar-refractivity contribution >= 4 is 39.5 Å². The minimum atomic E-state index is -5.08. The molecule has 1 aromatic carbocycles. The number of nitrogens with zero attached hydrogens (tertiary/aromatic N) is 3. The van der Waals surface area contributed by atoms with Crippen molar-refractivity contribution in [1.82, 2.24) is 15.3 Å². The maximum Gasteiger partial charge on any atom is 0.490 e. The molecule has 1 fully saturated rings. The van der Waals surface area contributed by atoms with E-state index < -0.39 is 47.3 Å². The van der Waals surface area contributed by atoms with Gasteiger partial charge in [0.05, 0.1) is 15.6 Å². The van der Waals surface area contributed by atoms with Crippen molar-refractivity contribution in [2.24, 2.45) is 5.41 Å². The number of alkyl halides is 3. The Hall–Kier alpha value is -2.82. The summed E-state index contributed by atoms with van der Waals surface area (Å²) in [5, 5.41) is 30.5. The number of hydrogen-bond acceptors (Lipinski definition) is 6. The second-order valence-electron chi connectivity index (χ2n) is 9.43. The van der Waals surface area contributed by atoms with Crippen LogP contribution in [0.15, 0.2) is 35.1 Å². The fourth-order valence-corrected chi connectivity index (χ4v) is 4.56. The SMILES string of the molecule is CC(C)(C)CC1NC(C(=O)O)C(c2cccc(Cl)c2F)C1(C#N)c1ncc(Br)cn1.O=C(O)C(F)(F)F. The second-order valence-corrected chi connectivity index (χ2v) is 10.8. The van der Waals surface area contributed by atoms with E-state index in [0.29, 0.717) is 10.9 Å². The molecule has 0 radical (unpaired) electrons. The highest BCUT2D eigenvalue weighted by molar-refractivity contribution is 9.10. The number of aromatic nitrogens is 2. The summed E-state index contributed by atoms with van der Waals surface area (Å²) in [7, 11) is 0. The van der Waals surface area contributed by atoms with Crippen LogP contribution < -0.4 is 5.32 Å². The predicted octanol–water partition coefficient (Wildman–Crippen LogP) is 5.07. The number of rotatable bonds is 4. The summed E-state index contributed by atoms with van der Waals surface area (Å²) < 4.78 is 47.4. The third-order valence-electron chi connectivity index (χ3n) is 5.57. The average Bonchev–Trinajstić information content (AvgIpc) is 3.09. The monoisotopic (exact) mass is 608 g/mol. The highest BCUT2D eigenvalue weighted by atomic mass is 79.9. The Morgan fingerprint density at radius 2 is 1.76 bits per heavy atom. The van der Waals surface area contributed by atoms with Crippen molar-refractivity contribution < 1.29 is 37.4 Å². The summed E-state index contributed by atoms with van der Waals surface area (Å²) in [4.78, 5) is 29.8. The number of carboxylic acids is 2. The first-order chi connectivity index (χ1) is 17.0. The van der Waals surface area contributed by atoms with Crippen LogP contribution in [0.5, 0.6) is 0 Å². The maximum absolute atomic E-state index is 15.1. The molecular weight excluding hydrogens is 588 g/mol. The van der Waals surface area contributed by atoms with Crippen LogP contribution in [0.3, 0.4) is 0 Å². The Bertz CT molecular complexity index is 1200. The summed E-state index contributed by atoms with van der Waals surface area (Å²) in [5.74, 6) is -5.64. The van der Waals surface area contributed by atoms with Gasteiger partial charge in [-0.2, -0.15) is 18.4 Å². The molecule has 0 aliphatic carbocycles. The van der Waals surface area contributed by atoms with Gasteiger partial charge in [0.2, 0.25) is 0 Å². The van der Waals surface area contributed by atoms with Crippen molar-refractivity contribution in [3.8, 4) is 6.07 Å². The zero-order chi connectivity index (χ0) is 28.3. The Balaban J connectivity index is 0.000000604. The molecule has 3 rings (SSSR count). The number of hydrogen-bond donors (Lipinski definition) is 3. The Kier molecular flexibility index (Phi) is 9.27. The molecule has 200 valence electrons. The molecule has 1 aliphatic heterocycles. The van der Waals surface area contributed by atoms with Crippen molar-refractivity contribution in [3.05, 3.63) is 57.3 Å². The lowest BCUT2D eigenvalue weighted by Crippen LogP contribution is -2.45. The zero-order valence-electron chi connectivity index (χ0n) is 19.6. The van der Waals surface area contributed by atoms with Gasteiger partial charge in [-0.1, -0.05) is 44.5 Å². The molecule has 2 aromatic rings. The van der Waals surface area contributed by atoms with Crippen LogP contribution in [0, 0.1) is 22.6 Å². The summed E-state index contributed by atoms with van der Waals surface area (Å²) in [6.07, 6.45) is -1.65. The first-order valence-electron chi connectivity index (χ1n) is 10.6. The number of nitrogens with one attached hydrogen (secondary N) is 1. The van der Waals surface area contributed by atoms with Crippen LogP contribution in [-0.4, -0.2) is 50.4 Å². The van der Waals surface area contributed by atoms with Crippen LogP contribution >= 0.6 is 27.5 Å². The van der Waals surface area contributed by atoms with Crippen LogP contribution in [-0.2, 0) is 15.0 Å². The Labute approximate surface area is 222 Å². The first-order valence-corrected chi connectivity index (χ1v) is 11.7. The van der Waals surface area contributed by atoms with E-state index in [-0.39, 0.29) is 21.8 Å². The molecule has 1 saturated heterocycles. The average molecular weight is 610 g/mol. The lowest BCUT2D eigenvalue weighted by Gasteiger charge is -2.35. The number of carbonyl (C=O) groups is 2. The van der Waals surface area contributed by atoms with Gasteiger partial charge in [-0.25, -0.2) is 19.2 Å². The Morgan fingerprint density at radius 3 is 2.19 bits per heavy atom. The standard InChI is InChI=1S/C21H21BrClFN4O2.C2HF3O2/c1-20(2,3)7-14-21(10-25,19-26-8-11(22)9-27-19)15(17(28-14)18(29)30)12-5-4-6-13(23)16(12)24;3-2(4,5)1(6)7/h4-6,8-9,14-15,17,28H,7H2,1-3H3,(H,29,30);(H,6,7). The highest BCUT2D eigenvalue weighted by Gasteiger charge is 2.62. The quantitative estimate of drug-likeness (QED) is 0.409. The van der Waals surface area contributed by atoms with E-state index in [2.05, 4.69) is 37.3 Å². The molecule has 3 N–H and O–H groups in total. The van der Waals surface area contributed by atoms with Gasteiger partial charge in [0, 0.05) is 24.4 Å². The fourth-order valence-electron chi connectivity index (χ4n) is 4.17. The molecule has 37 heavy (non-hydrogen) atoms. The van der Waals surface area contributed by atoms with Crippen molar-refractivity contribution in [3.63, 3.8) is 0 Å². The van der Waals surface area contributed by atoms with E-state index in [1.807, 2.05) is 20.8 Å². The van der Waals surface area contributed by atoms with Crippen LogP contribution in [0.25, 0.3) is 0 Å². The number of carboxylic acid groups (broad SMARTS) is 2.